The fourth-order valence-electron chi connectivity index (χ4n) is 2.31. The van der Waals surface area contributed by atoms with E-state index in [4.69, 9.17) is 18.9 Å². The molecule has 0 aromatic heterocycles. The normalized spacial score (nSPS) is 25.6. The maximum absolute atomic E-state index is 11.8. The van der Waals surface area contributed by atoms with Crippen molar-refractivity contribution >= 4 is 17.9 Å². The number of carbonyl (C=O) groups is 3. The van der Waals surface area contributed by atoms with Crippen LogP contribution < -0.4 is 0 Å². The van der Waals surface area contributed by atoms with Gasteiger partial charge in [0.1, 0.15) is 31.7 Å². The van der Waals surface area contributed by atoms with Crippen LogP contribution >= 0.6 is 0 Å². The molecule has 168 valence electrons. The van der Waals surface area contributed by atoms with Gasteiger partial charge in [0, 0.05) is 15.9 Å². The highest BCUT2D eigenvalue weighted by Gasteiger charge is 2.49. The van der Waals surface area contributed by atoms with E-state index in [-0.39, 0.29) is 0 Å². The molecule has 15 heteroatoms. The first-order chi connectivity index (χ1) is 14.0. The zero-order valence-electron chi connectivity index (χ0n) is 15.5. The Balaban J connectivity index is 2.85. The van der Waals surface area contributed by atoms with Gasteiger partial charge in [0.15, 0.2) is 18.5 Å². The van der Waals surface area contributed by atoms with Gasteiger partial charge in [0.25, 0.3) is 0 Å². The number of rotatable bonds is 11. The quantitative estimate of drug-likeness (QED) is 0.117. The summed E-state index contributed by atoms with van der Waals surface area (Å²) in [5.74, 6) is -3.17. The molecule has 2 N–H and O–H groups in total. The van der Waals surface area contributed by atoms with E-state index in [1.54, 1.807) is 0 Å². The van der Waals surface area contributed by atoms with Crippen LogP contribution in [0.2, 0.25) is 0 Å². The zero-order chi connectivity index (χ0) is 22.8. The predicted octanol–water partition coefficient (Wildman–Crippen LogP) is -2.05. The van der Waals surface area contributed by atoms with Crippen LogP contribution in [0.3, 0.4) is 0 Å². The Morgan fingerprint density at radius 2 is 1.57 bits per heavy atom. The number of esters is 3. The standard InChI is InChI=1S/C15H20N2O13/c1-2-9(18)29-14-13(30-11(20)4-6-17(25)26)12(21)8(28-15(14)22)7-27-10(19)3-5-16(23)24/h2,8,12-15,21-22H,1,3-7H2. The molecule has 15 nitrogen and oxygen atoms in total. The van der Waals surface area contributed by atoms with Crippen molar-refractivity contribution in [1.82, 2.24) is 0 Å². The first-order valence-corrected chi connectivity index (χ1v) is 8.48. The van der Waals surface area contributed by atoms with Crippen LogP contribution in [0.4, 0.5) is 0 Å². The van der Waals surface area contributed by atoms with Gasteiger partial charge < -0.3 is 29.2 Å². The molecule has 0 spiro atoms. The second kappa shape index (κ2) is 11.7. The first-order valence-electron chi connectivity index (χ1n) is 8.48. The maximum Gasteiger partial charge on any atom is 0.330 e. The van der Waals surface area contributed by atoms with Crippen molar-refractivity contribution in [3.8, 4) is 0 Å². The molecular weight excluding hydrogens is 416 g/mol. The third-order valence-electron chi connectivity index (χ3n) is 3.73. The number of nitrogens with zero attached hydrogens (tertiary/aromatic N) is 2. The molecule has 1 fully saturated rings. The molecule has 0 aromatic carbocycles. The highest BCUT2D eigenvalue weighted by Crippen LogP contribution is 2.26. The summed E-state index contributed by atoms with van der Waals surface area (Å²) in [6.45, 7) is 1.01. The van der Waals surface area contributed by atoms with Gasteiger partial charge in [-0.3, -0.25) is 29.8 Å². The Labute approximate surface area is 168 Å². The third kappa shape index (κ3) is 8.06. The minimum absolute atomic E-state index is 0.558. The SMILES string of the molecule is C=CC(=O)OC1C(O)OC(COC(=O)CC[N+](=O)[O-])C(O)C1OC(=O)CC[N+](=O)[O-]. The minimum atomic E-state index is -1.94. The summed E-state index contributed by atoms with van der Waals surface area (Å²) >= 11 is 0. The number of hydrogen-bond donors (Lipinski definition) is 2. The predicted molar refractivity (Wildman–Crippen MR) is 90.8 cm³/mol. The van der Waals surface area contributed by atoms with Gasteiger partial charge >= 0.3 is 17.9 Å². The van der Waals surface area contributed by atoms with Gasteiger partial charge in [-0.2, -0.15) is 0 Å². The number of ether oxygens (including phenoxy) is 4. The Morgan fingerprint density at radius 1 is 1.00 bits per heavy atom. The Bertz CT molecular complexity index is 681. The van der Waals surface area contributed by atoms with Gasteiger partial charge in [0.2, 0.25) is 13.1 Å². The largest absolute Gasteiger partial charge is 0.463 e. The lowest BCUT2D eigenvalue weighted by Gasteiger charge is -2.41. The number of aliphatic hydroxyl groups excluding tert-OH is 2. The van der Waals surface area contributed by atoms with Gasteiger partial charge in [-0.15, -0.1) is 0 Å². The highest BCUT2D eigenvalue weighted by molar-refractivity contribution is 5.81. The molecule has 1 aliphatic heterocycles. The van der Waals surface area contributed by atoms with E-state index >= 15 is 0 Å². The zero-order valence-corrected chi connectivity index (χ0v) is 15.5. The Morgan fingerprint density at radius 3 is 2.10 bits per heavy atom. The summed E-state index contributed by atoms with van der Waals surface area (Å²) < 4.78 is 19.5. The monoisotopic (exact) mass is 436 g/mol. The van der Waals surface area contributed by atoms with Crippen molar-refractivity contribution < 1.29 is 53.4 Å². The van der Waals surface area contributed by atoms with E-state index in [0.717, 1.165) is 6.08 Å². The summed E-state index contributed by atoms with van der Waals surface area (Å²) in [7, 11) is 0. The summed E-state index contributed by atoms with van der Waals surface area (Å²) in [6.07, 6.45) is -9.13. The van der Waals surface area contributed by atoms with Crippen LogP contribution in [0.25, 0.3) is 0 Å². The summed E-state index contributed by atoms with van der Waals surface area (Å²) in [6, 6.07) is 0. The molecule has 0 bridgehead atoms. The molecule has 1 heterocycles. The molecule has 5 atom stereocenters. The van der Waals surface area contributed by atoms with E-state index in [1.807, 2.05) is 0 Å². The molecule has 30 heavy (non-hydrogen) atoms. The molecule has 0 amide bonds. The first kappa shape index (κ1) is 24.9. The van der Waals surface area contributed by atoms with E-state index in [0.29, 0.717) is 0 Å². The molecular formula is C15H20N2O13. The maximum atomic E-state index is 11.8. The van der Waals surface area contributed by atoms with E-state index in [1.165, 1.54) is 0 Å². The second-order valence-electron chi connectivity index (χ2n) is 5.91. The van der Waals surface area contributed by atoms with Crippen LogP contribution in [0.5, 0.6) is 0 Å². The number of nitro groups is 2. The summed E-state index contributed by atoms with van der Waals surface area (Å²) in [4.78, 5) is 53.9. The molecule has 0 saturated carbocycles. The van der Waals surface area contributed by atoms with Crippen LogP contribution in [0, 0.1) is 20.2 Å². The lowest BCUT2D eigenvalue weighted by atomic mass is 9.98. The third-order valence-corrected chi connectivity index (χ3v) is 3.73. The fourth-order valence-corrected chi connectivity index (χ4v) is 2.31. The molecule has 1 saturated heterocycles. The van der Waals surface area contributed by atoms with Crippen LogP contribution in [-0.2, 0) is 33.3 Å². The molecule has 0 aliphatic carbocycles. The van der Waals surface area contributed by atoms with Crippen molar-refractivity contribution in [2.45, 2.75) is 43.5 Å². The number of aliphatic hydroxyl groups is 2. The van der Waals surface area contributed by atoms with E-state index in [9.17, 15) is 44.8 Å². The number of hydrogen-bond acceptors (Lipinski definition) is 13. The average molecular weight is 436 g/mol. The lowest BCUT2D eigenvalue weighted by molar-refractivity contribution is -0.479. The summed E-state index contributed by atoms with van der Waals surface area (Å²) in [5, 5.41) is 41.1. The van der Waals surface area contributed by atoms with Crippen molar-refractivity contribution in [2.24, 2.45) is 0 Å². The van der Waals surface area contributed by atoms with Gasteiger partial charge in [-0.1, -0.05) is 6.58 Å². The smallest absolute Gasteiger partial charge is 0.330 e. The topological polar surface area (TPSA) is 215 Å². The minimum Gasteiger partial charge on any atom is -0.463 e. The Hall–Kier alpha value is -3.17. The van der Waals surface area contributed by atoms with Gasteiger partial charge in [0.05, 0.1) is 0 Å². The van der Waals surface area contributed by atoms with E-state index in [2.05, 4.69) is 6.58 Å². The average Bonchev–Trinajstić information content (AvgIpc) is 2.68. The van der Waals surface area contributed by atoms with Crippen molar-refractivity contribution in [2.75, 3.05) is 19.7 Å². The number of carbonyl (C=O) groups excluding carboxylic acids is 3. The molecule has 0 radical (unpaired) electrons. The lowest BCUT2D eigenvalue weighted by Crippen LogP contribution is -2.61. The van der Waals surface area contributed by atoms with Crippen molar-refractivity contribution in [1.29, 1.82) is 0 Å². The molecule has 0 aromatic rings. The van der Waals surface area contributed by atoms with Crippen LogP contribution in [0.1, 0.15) is 12.8 Å². The molecule has 1 aliphatic rings. The van der Waals surface area contributed by atoms with Crippen LogP contribution in [-0.4, -0.2) is 88.4 Å². The van der Waals surface area contributed by atoms with Crippen LogP contribution in [0.15, 0.2) is 12.7 Å². The molecule has 1 rings (SSSR count). The Kier molecular flexibility index (Phi) is 9.73. The van der Waals surface area contributed by atoms with Gasteiger partial charge in [-0.25, -0.2) is 4.79 Å². The van der Waals surface area contributed by atoms with E-state index < -0.39 is 91.0 Å². The van der Waals surface area contributed by atoms with Crippen molar-refractivity contribution in [3.63, 3.8) is 0 Å². The second-order valence-corrected chi connectivity index (χ2v) is 5.91. The molecule has 5 unspecified atom stereocenters. The summed E-state index contributed by atoms with van der Waals surface area (Å²) in [5.41, 5.74) is 0. The fraction of sp³-hybridized carbons (Fsp3) is 0.667. The van der Waals surface area contributed by atoms with Crippen molar-refractivity contribution in [3.05, 3.63) is 32.9 Å². The van der Waals surface area contributed by atoms with Gasteiger partial charge in [-0.05, 0) is 0 Å². The highest BCUT2D eigenvalue weighted by atomic mass is 16.7.